The van der Waals surface area contributed by atoms with Gasteiger partial charge in [-0.15, -0.1) is 6.58 Å². The smallest absolute Gasteiger partial charge is 0.122 e. The Morgan fingerprint density at radius 3 is 2.84 bits per heavy atom. The number of ether oxygens (including phenoxy) is 1. The van der Waals surface area contributed by atoms with Gasteiger partial charge in [0.15, 0.2) is 0 Å². The Balaban J connectivity index is 2.45. The van der Waals surface area contributed by atoms with Crippen molar-refractivity contribution in [3.8, 4) is 5.75 Å². The molecule has 0 spiro atoms. The minimum absolute atomic E-state index is 0.105. The summed E-state index contributed by atoms with van der Waals surface area (Å²) in [6, 6.07) is 5.84. The summed E-state index contributed by atoms with van der Waals surface area (Å²) >= 11 is 6.01. The monoisotopic (exact) mass is 281 g/mol. The van der Waals surface area contributed by atoms with Gasteiger partial charge in [0, 0.05) is 11.1 Å². The molecule has 0 aliphatic heterocycles. The average molecular weight is 282 g/mol. The standard InChI is InChI=1S/C16H24ClNO/c1-3-4-5-6-7-10-19-16-9-8-15(17)12-14(16)11-13(2)18/h3,8-9,12-13H,1,4-7,10-11,18H2,2H3. The number of unbranched alkanes of at least 4 members (excludes halogenated alkanes) is 3. The second-order valence-electron chi connectivity index (χ2n) is 4.92. The third-order valence-electron chi connectivity index (χ3n) is 2.87. The van der Waals surface area contributed by atoms with Crippen molar-refractivity contribution in [2.45, 2.75) is 45.1 Å². The van der Waals surface area contributed by atoms with E-state index in [9.17, 15) is 0 Å². The maximum absolute atomic E-state index is 6.01. The zero-order chi connectivity index (χ0) is 14.1. The number of hydrogen-bond acceptors (Lipinski definition) is 2. The predicted octanol–water partition coefficient (Wildman–Crippen LogP) is 4.35. The lowest BCUT2D eigenvalue weighted by molar-refractivity contribution is 0.302. The van der Waals surface area contributed by atoms with Crippen molar-refractivity contribution in [2.24, 2.45) is 5.73 Å². The number of allylic oxidation sites excluding steroid dienone is 1. The van der Waals surface area contributed by atoms with Crippen LogP contribution in [0.1, 0.15) is 38.2 Å². The molecule has 0 heterocycles. The number of hydrogen-bond donors (Lipinski definition) is 1. The van der Waals surface area contributed by atoms with Gasteiger partial charge in [0.25, 0.3) is 0 Å². The molecule has 0 aliphatic rings. The molecule has 0 fully saturated rings. The first kappa shape index (κ1) is 16.1. The highest BCUT2D eigenvalue weighted by atomic mass is 35.5. The molecule has 3 heteroatoms. The van der Waals surface area contributed by atoms with Crippen molar-refractivity contribution >= 4 is 11.6 Å². The first-order chi connectivity index (χ1) is 9.13. The normalized spacial score (nSPS) is 12.2. The van der Waals surface area contributed by atoms with Crippen LogP contribution in [0.4, 0.5) is 0 Å². The highest BCUT2D eigenvalue weighted by Crippen LogP contribution is 2.24. The molecule has 0 aliphatic carbocycles. The molecule has 106 valence electrons. The van der Waals surface area contributed by atoms with E-state index in [4.69, 9.17) is 22.1 Å². The number of rotatable bonds is 9. The van der Waals surface area contributed by atoms with E-state index in [1.54, 1.807) is 0 Å². The number of halogens is 1. The minimum Gasteiger partial charge on any atom is -0.493 e. The van der Waals surface area contributed by atoms with Crippen LogP contribution in [-0.2, 0) is 6.42 Å². The molecule has 2 nitrogen and oxygen atoms in total. The number of nitrogens with two attached hydrogens (primary N) is 1. The highest BCUT2D eigenvalue weighted by Gasteiger charge is 2.07. The number of benzene rings is 1. The Morgan fingerprint density at radius 2 is 2.16 bits per heavy atom. The summed E-state index contributed by atoms with van der Waals surface area (Å²) in [5.74, 6) is 0.908. The lowest BCUT2D eigenvalue weighted by atomic mass is 10.1. The van der Waals surface area contributed by atoms with Gasteiger partial charge in [0.05, 0.1) is 6.61 Å². The Bertz CT molecular complexity index is 390. The molecular weight excluding hydrogens is 258 g/mol. The van der Waals surface area contributed by atoms with Crippen LogP contribution in [0.25, 0.3) is 0 Å². The summed E-state index contributed by atoms with van der Waals surface area (Å²) in [6.07, 6.45) is 7.24. The molecule has 1 unspecified atom stereocenters. The van der Waals surface area contributed by atoms with E-state index in [-0.39, 0.29) is 6.04 Å². The first-order valence-corrected chi connectivity index (χ1v) is 7.29. The molecule has 1 rings (SSSR count). The molecule has 0 aromatic heterocycles. The predicted molar refractivity (Wildman–Crippen MR) is 83.0 cm³/mol. The van der Waals surface area contributed by atoms with Crippen LogP contribution in [0.3, 0.4) is 0 Å². The fraction of sp³-hybridized carbons (Fsp3) is 0.500. The Kier molecular flexibility index (Phi) is 7.61. The Morgan fingerprint density at radius 1 is 1.37 bits per heavy atom. The zero-order valence-corrected chi connectivity index (χ0v) is 12.5. The van der Waals surface area contributed by atoms with Crippen LogP contribution in [-0.4, -0.2) is 12.6 Å². The van der Waals surface area contributed by atoms with E-state index in [2.05, 4.69) is 6.58 Å². The van der Waals surface area contributed by atoms with Crippen molar-refractivity contribution in [1.29, 1.82) is 0 Å². The molecule has 0 saturated carbocycles. The van der Waals surface area contributed by atoms with Gasteiger partial charge in [-0.3, -0.25) is 0 Å². The molecule has 1 aromatic rings. The quantitative estimate of drug-likeness (QED) is 0.539. The lowest BCUT2D eigenvalue weighted by Crippen LogP contribution is -2.18. The summed E-state index contributed by atoms with van der Waals surface area (Å²) in [4.78, 5) is 0. The maximum Gasteiger partial charge on any atom is 0.122 e. The second kappa shape index (κ2) is 9.00. The molecule has 0 saturated heterocycles. The second-order valence-corrected chi connectivity index (χ2v) is 5.36. The average Bonchev–Trinajstić information content (AvgIpc) is 2.35. The maximum atomic E-state index is 6.01. The van der Waals surface area contributed by atoms with Crippen molar-refractivity contribution < 1.29 is 4.74 Å². The van der Waals surface area contributed by atoms with Crippen LogP contribution < -0.4 is 10.5 Å². The summed E-state index contributed by atoms with van der Waals surface area (Å²) in [7, 11) is 0. The third-order valence-corrected chi connectivity index (χ3v) is 3.11. The van der Waals surface area contributed by atoms with Crippen LogP contribution in [0.15, 0.2) is 30.9 Å². The summed E-state index contributed by atoms with van der Waals surface area (Å²) in [5, 5.41) is 0.731. The molecule has 19 heavy (non-hydrogen) atoms. The van der Waals surface area contributed by atoms with Crippen molar-refractivity contribution in [1.82, 2.24) is 0 Å². The fourth-order valence-corrected chi connectivity index (χ4v) is 2.14. The van der Waals surface area contributed by atoms with Crippen LogP contribution in [0.2, 0.25) is 5.02 Å². The Hall–Kier alpha value is -0.990. The third kappa shape index (κ3) is 6.65. The molecular formula is C16H24ClNO. The molecule has 0 radical (unpaired) electrons. The summed E-state index contributed by atoms with van der Waals surface area (Å²) in [5.41, 5.74) is 6.94. The summed E-state index contributed by atoms with van der Waals surface area (Å²) < 4.78 is 5.83. The van der Waals surface area contributed by atoms with E-state index >= 15 is 0 Å². The largest absolute Gasteiger partial charge is 0.493 e. The van der Waals surface area contributed by atoms with Gasteiger partial charge in [-0.1, -0.05) is 17.7 Å². The molecule has 2 N–H and O–H groups in total. The van der Waals surface area contributed by atoms with Crippen molar-refractivity contribution in [3.63, 3.8) is 0 Å². The summed E-state index contributed by atoms with van der Waals surface area (Å²) in [6.45, 7) is 6.44. The van der Waals surface area contributed by atoms with Crippen molar-refractivity contribution in [2.75, 3.05) is 6.61 Å². The van der Waals surface area contributed by atoms with Gasteiger partial charge in [-0.05, 0) is 62.8 Å². The van der Waals surface area contributed by atoms with E-state index in [0.717, 1.165) is 42.2 Å². The topological polar surface area (TPSA) is 35.2 Å². The van der Waals surface area contributed by atoms with Crippen LogP contribution in [0.5, 0.6) is 5.75 Å². The van der Waals surface area contributed by atoms with Crippen LogP contribution >= 0.6 is 11.6 Å². The van der Waals surface area contributed by atoms with Gasteiger partial charge in [0.1, 0.15) is 5.75 Å². The van der Waals surface area contributed by atoms with Gasteiger partial charge < -0.3 is 10.5 Å². The van der Waals surface area contributed by atoms with E-state index in [1.807, 2.05) is 31.2 Å². The SMILES string of the molecule is C=CCCCCCOc1ccc(Cl)cc1CC(C)N. The highest BCUT2D eigenvalue weighted by molar-refractivity contribution is 6.30. The van der Waals surface area contributed by atoms with Gasteiger partial charge >= 0.3 is 0 Å². The van der Waals surface area contributed by atoms with E-state index in [1.165, 1.54) is 12.8 Å². The van der Waals surface area contributed by atoms with Gasteiger partial charge in [0.2, 0.25) is 0 Å². The van der Waals surface area contributed by atoms with Crippen LogP contribution in [0, 0.1) is 0 Å². The first-order valence-electron chi connectivity index (χ1n) is 6.91. The fourth-order valence-electron chi connectivity index (χ4n) is 1.94. The lowest BCUT2D eigenvalue weighted by Gasteiger charge is -2.13. The molecule has 1 atom stereocenters. The molecule has 0 amide bonds. The van der Waals surface area contributed by atoms with Gasteiger partial charge in [-0.2, -0.15) is 0 Å². The minimum atomic E-state index is 0.105. The van der Waals surface area contributed by atoms with Gasteiger partial charge in [-0.25, -0.2) is 0 Å². The zero-order valence-electron chi connectivity index (χ0n) is 11.7. The molecule has 0 bridgehead atoms. The molecule has 1 aromatic carbocycles. The van der Waals surface area contributed by atoms with E-state index < -0.39 is 0 Å². The van der Waals surface area contributed by atoms with E-state index in [0.29, 0.717) is 0 Å². The Labute approximate surface area is 121 Å². The van der Waals surface area contributed by atoms with Crippen molar-refractivity contribution in [3.05, 3.63) is 41.4 Å².